The third-order valence-corrected chi connectivity index (χ3v) is 5.68. The molecule has 1 atom stereocenters. The second-order valence-corrected chi connectivity index (χ2v) is 8.27. The first-order valence-corrected chi connectivity index (χ1v) is 11.5. The summed E-state index contributed by atoms with van der Waals surface area (Å²) in [5.74, 6) is -2.22. The molecule has 1 unspecified atom stereocenters. The summed E-state index contributed by atoms with van der Waals surface area (Å²) in [4.78, 5) is 44.7. The summed E-state index contributed by atoms with van der Waals surface area (Å²) in [6.07, 6.45) is 0.253. The second-order valence-electron chi connectivity index (χ2n) is 8.27. The molecule has 0 spiro atoms. The fraction of sp³-hybridized carbons (Fsp3) is 0.478. The molecular formula is C23H33FN8O4. The average Bonchev–Trinajstić information content (AvgIpc) is 2.88. The average molecular weight is 505 g/mol. The van der Waals surface area contributed by atoms with Crippen molar-refractivity contribution in [3.05, 3.63) is 30.1 Å². The number of hydrogen-bond donors (Lipinski definition) is 5. The van der Waals surface area contributed by atoms with Gasteiger partial charge in [0.2, 0.25) is 5.91 Å². The van der Waals surface area contributed by atoms with Crippen LogP contribution in [-0.4, -0.2) is 96.8 Å². The summed E-state index contributed by atoms with van der Waals surface area (Å²) >= 11 is 0. The van der Waals surface area contributed by atoms with Gasteiger partial charge in [0.15, 0.2) is 11.6 Å². The molecule has 1 saturated heterocycles. The molecule has 1 aliphatic heterocycles. The third kappa shape index (κ3) is 8.41. The molecule has 0 aliphatic carbocycles. The van der Waals surface area contributed by atoms with Gasteiger partial charge in [-0.1, -0.05) is 24.2 Å². The first-order valence-electron chi connectivity index (χ1n) is 11.5. The molecule has 0 saturated carbocycles. The van der Waals surface area contributed by atoms with Crippen LogP contribution >= 0.6 is 0 Å². The van der Waals surface area contributed by atoms with Crippen molar-refractivity contribution in [1.29, 1.82) is 5.41 Å². The van der Waals surface area contributed by atoms with Gasteiger partial charge in [-0.25, -0.2) is 4.39 Å². The van der Waals surface area contributed by atoms with Crippen molar-refractivity contribution in [1.82, 2.24) is 15.5 Å². The van der Waals surface area contributed by atoms with Crippen LogP contribution in [0.4, 0.5) is 10.1 Å². The van der Waals surface area contributed by atoms with Crippen LogP contribution in [0.15, 0.2) is 34.4 Å². The van der Waals surface area contributed by atoms with Crippen LogP contribution in [0.2, 0.25) is 0 Å². The predicted molar refractivity (Wildman–Crippen MR) is 134 cm³/mol. The number of oxime groups is 1. The summed E-state index contributed by atoms with van der Waals surface area (Å²) < 4.78 is 14.0. The van der Waals surface area contributed by atoms with E-state index in [0.717, 1.165) is 0 Å². The fourth-order valence-corrected chi connectivity index (χ4v) is 3.47. The molecule has 1 fully saturated rings. The molecule has 13 heteroatoms. The van der Waals surface area contributed by atoms with Crippen LogP contribution in [0.5, 0.6) is 0 Å². The molecular weight excluding hydrogens is 471 g/mol. The van der Waals surface area contributed by atoms with E-state index in [9.17, 15) is 18.8 Å². The lowest BCUT2D eigenvalue weighted by atomic mass is 10.2. The van der Waals surface area contributed by atoms with Crippen LogP contribution in [0.25, 0.3) is 0 Å². The Morgan fingerprint density at radius 3 is 2.50 bits per heavy atom. The molecule has 2 amide bonds. The first-order chi connectivity index (χ1) is 17.2. The van der Waals surface area contributed by atoms with Gasteiger partial charge in [-0.05, 0) is 25.5 Å². The van der Waals surface area contributed by atoms with Gasteiger partial charge in [-0.2, -0.15) is 0 Å². The molecule has 0 radical (unpaired) electrons. The summed E-state index contributed by atoms with van der Waals surface area (Å²) in [5, 5.41) is 24.1. The van der Waals surface area contributed by atoms with Gasteiger partial charge in [0.25, 0.3) is 5.91 Å². The highest BCUT2D eigenvalue weighted by Gasteiger charge is 2.23. The van der Waals surface area contributed by atoms with Crippen LogP contribution in [0.3, 0.4) is 0 Å². The Balaban J connectivity index is 1.76. The van der Waals surface area contributed by atoms with Crippen LogP contribution in [-0.2, 0) is 14.4 Å². The number of para-hydroxylation sites is 1. The van der Waals surface area contributed by atoms with E-state index in [1.165, 1.54) is 13.0 Å². The van der Waals surface area contributed by atoms with E-state index < -0.39 is 23.7 Å². The number of Topliss-reactive ketones (excluding diaryl/α,β-unsaturated/α-hetero) is 1. The number of hydrogen-bond acceptors (Lipinski definition) is 9. The maximum atomic E-state index is 14.0. The van der Waals surface area contributed by atoms with Gasteiger partial charge in [0.05, 0.1) is 36.7 Å². The van der Waals surface area contributed by atoms with E-state index in [1.54, 1.807) is 25.1 Å². The van der Waals surface area contributed by atoms with Crippen molar-refractivity contribution in [3.63, 3.8) is 0 Å². The second kappa shape index (κ2) is 13.9. The van der Waals surface area contributed by atoms with E-state index in [2.05, 4.69) is 20.8 Å². The van der Waals surface area contributed by atoms with Crippen LogP contribution in [0.1, 0.15) is 20.3 Å². The minimum Gasteiger partial charge on any atom is -0.411 e. The summed E-state index contributed by atoms with van der Waals surface area (Å²) in [6.45, 7) is 5.11. The molecule has 6 N–H and O–H groups in total. The zero-order valence-electron chi connectivity index (χ0n) is 20.5. The van der Waals surface area contributed by atoms with Crippen molar-refractivity contribution in [3.8, 4) is 0 Å². The highest BCUT2D eigenvalue weighted by atomic mass is 19.1. The van der Waals surface area contributed by atoms with Gasteiger partial charge in [0.1, 0.15) is 11.9 Å². The Morgan fingerprint density at radius 2 is 1.89 bits per heavy atom. The van der Waals surface area contributed by atoms with Crippen molar-refractivity contribution in [2.24, 2.45) is 15.9 Å². The molecule has 0 bridgehead atoms. The Morgan fingerprint density at radius 1 is 1.22 bits per heavy atom. The molecule has 1 aliphatic rings. The van der Waals surface area contributed by atoms with E-state index in [1.807, 2.05) is 9.80 Å². The number of amidine groups is 1. The van der Waals surface area contributed by atoms with Gasteiger partial charge < -0.3 is 31.9 Å². The lowest BCUT2D eigenvalue weighted by molar-refractivity contribution is -0.128. The molecule has 12 nitrogen and oxygen atoms in total. The summed E-state index contributed by atoms with van der Waals surface area (Å²) in [7, 11) is 0. The minimum absolute atomic E-state index is 0.0365. The molecule has 196 valence electrons. The number of nitrogens with two attached hydrogens (primary N) is 1. The van der Waals surface area contributed by atoms with Crippen LogP contribution in [0, 0.1) is 11.2 Å². The Hall–Kier alpha value is -3.87. The van der Waals surface area contributed by atoms with Crippen molar-refractivity contribution >= 4 is 40.5 Å². The van der Waals surface area contributed by atoms with Gasteiger partial charge >= 0.3 is 0 Å². The molecule has 1 heterocycles. The number of anilines is 1. The largest absolute Gasteiger partial charge is 0.411 e. The van der Waals surface area contributed by atoms with E-state index in [0.29, 0.717) is 31.9 Å². The molecule has 2 rings (SSSR count). The maximum absolute atomic E-state index is 14.0. The zero-order valence-corrected chi connectivity index (χ0v) is 20.5. The topological polar surface area (TPSA) is 177 Å². The predicted octanol–water partition coefficient (Wildman–Crippen LogP) is -0.245. The smallest absolute Gasteiger partial charge is 0.286 e. The maximum Gasteiger partial charge on any atom is 0.286 e. The Bertz CT molecular complexity index is 1020. The van der Waals surface area contributed by atoms with Gasteiger partial charge in [-0.3, -0.25) is 24.3 Å². The third-order valence-electron chi connectivity index (χ3n) is 5.68. The highest BCUT2D eigenvalue weighted by Crippen LogP contribution is 2.19. The number of piperazine rings is 1. The van der Waals surface area contributed by atoms with Crippen LogP contribution < -0.4 is 21.3 Å². The van der Waals surface area contributed by atoms with E-state index in [-0.39, 0.29) is 49.1 Å². The number of aliphatic imine (C=N–C) groups is 1. The monoisotopic (exact) mass is 504 g/mol. The Kier molecular flexibility index (Phi) is 10.9. The number of halogens is 1. The van der Waals surface area contributed by atoms with E-state index >= 15 is 0 Å². The SMILES string of the molecule is CCC(NC(=O)C(N)=NCC(=N)/C(C)=N\O)C(=O)NCC(=O)CN1CCN(c2ccccc2F)CC1. The number of rotatable bonds is 11. The van der Waals surface area contributed by atoms with E-state index in [4.69, 9.17) is 16.4 Å². The normalized spacial score (nSPS) is 15.8. The number of carbonyl (C=O) groups is 3. The quantitative estimate of drug-likeness (QED) is 0.119. The number of nitrogens with zero attached hydrogens (tertiary/aromatic N) is 4. The lowest BCUT2D eigenvalue weighted by Gasteiger charge is -2.35. The molecule has 1 aromatic rings. The summed E-state index contributed by atoms with van der Waals surface area (Å²) in [5.41, 5.74) is 6.07. The number of amides is 2. The number of nitrogens with one attached hydrogen (secondary N) is 3. The summed E-state index contributed by atoms with van der Waals surface area (Å²) in [6, 6.07) is 5.65. The number of ketones is 1. The first kappa shape index (κ1) is 28.4. The Labute approximate surface area is 208 Å². The van der Waals surface area contributed by atoms with Gasteiger partial charge in [0, 0.05) is 26.2 Å². The number of carbonyl (C=O) groups excluding carboxylic acids is 3. The highest BCUT2D eigenvalue weighted by molar-refractivity contribution is 6.42. The number of benzene rings is 1. The zero-order chi connectivity index (χ0) is 26.7. The minimum atomic E-state index is -0.927. The molecule has 1 aromatic carbocycles. The lowest BCUT2D eigenvalue weighted by Crippen LogP contribution is -2.52. The molecule has 36 heavy (non-hydrogen) atoms. The van der Waals surface area contributed by atoms with Crippen molar-refractivity contribution in [2.75, 3.05) is 50.7 Å². The van der Waals surface area contributed by atoms with Crippen molar-refractivity contribution in [2.45, 2.75) is 26.3 Å². The standard InChI is InChI=1S/C23H33FN8O4/c1-3-19(29-23(35)21(26)27-13-18(25)15(2)30-36)22(34)28-12-16(33)14-31-8-10-32(11-9-31)20-7-5-4-6-17(20)24/h4-7,19,25,36H,3,8-14H2,1-2H3,(H2,26,27)(H,28,34)(H,29,35)/b25-18?,30-15-. The van der Waals surface area contributed by atoms with Crippen molar-refractivity contribution < 1.29 is 24.0 Å². The molecule has 0 aromatic heterocycles. The fourth-order valence-electron chi connectivity index (χ4n) is 3.47. The van der Waals surface area contributed by atoms with Gasteiger partial charge in [-0.15, -0.1) is 0 Å².